The van der Waals surface area contributed by atoms with Gasteiger partial charge in [0.25, 0.3) is 0 Å². The highest BCUT2D eigenvalue weighted by atomic mass is 16.7. The molecule has 5 rings (SSSR count). The lowest BCUT2D eigenvalue weighted by Crippen LogP contribution is -1.99. The van der Waals surface area contributed by atoms with Crippen LogP contribution in [0.1, 0.15) is 32.6 Å². The van der Waals surface area contributed by atoms with Crippen LogP contribution in [0.5, 0.6) is 23.0 Å². The largest absolute Gasteiger partial charge is 0.489 e. The summed E-state index contributed by atoms with van der Waals surface area (Å²) in [4.78, 5) is 12.7. The normalized spacial score (nSPS) is 15.3. The predicted molar refractivity (Wildman–Crippen MR) is 112 cm³/mol. The molecule has 5 heteroatoms. The van der Waals surface area contributed by atoms with Gasteiger partial charge < -0.3 is 18.9 Å². The van der Waals surface area contributed by atoms with Crippen molar-refractivity contribution in [3.63, 3.8) is 0 Å². The molecule has 0 saturated heterocycles. The summed E-state index contributed by atoms with van der Waals surface area (Å²) in [7, 11) is 0. The highest BCUT2D eigenvalue weighted by Crippen LogP contribution is 2.37. The molecule has 5 nitrogen and oxygen atoms in total. The average Bonchev–Trinajstić information content (AvgIpc) is 3.33. The second kappa shape index (κ2) is 7.26. The van der Waals surface area contributed by atoms with E-state index in [1.54, 1.807) is 24.3 Å². The molecule has 0 radical (unpaired) electrons. The summed E-state index contributed by atoms with van der Waals surface area (Å²) in [5, 5.41) is 0. The van der Waals surface area contributed by atoms with Crippen LogP contribution in [0.3, 0.4) is 0 Å². The smallest absolute Gasteiger partial charge is 0.231 e. The van der Waals surface area contributed by atoms with Crippen molar-refractivity contribution in [3.05, 3.63) is 88.2 Å². The molecule has 3 aromatic carbocycles. The number of carbonyl (C=O) groups is 1. The number of hydrogen-bond acceptors (Lipinski definition) is 5. The van der Waals surface area contributed by atoms with Crippen molar-refractivity contribution >= 4 is 11.9 Å². The standard InChI is InChI=1S/C25H20O5/c1-15-3-4-16(2)18(9-15)13-27-19-6-7-20-22(12-19)30-24(25(20)26)11-17-5-8-21-23(10-17)29-14-28-21/h3-12H,13-14H2,1-2H3. The van der Waals surface area contributed by atoms with Gasteiger partial charge in [0.2, 0.25) is 12.6 Å². The minimum atomic E-state index is -0.149. The number of rotatable bonds is 4. The van der Waals surface area contributed by atoms with E-state index in [4.69, 9.17) is 18.9 Å². The Morgan fingerprint density at radius 3 is 2.70 bits per heavy atom. The summed E-state index contributed by atoms with van der Waals surface area (Å²) in [6, 6.07) is 17.1. The van der Waals surface area contributed by atoms with E-state index in [1.165, 1.54) is 11.1 Å². The summed E-state index contributed by atoms with van der Waals surface area (Å²) >= 11 is 0. The molecule has 0 aliphatic carbocycles. The maximum absolute atomic E-state index is 12.7. The molecule has 150 valence electrons. The molecule has 0 aromatic heterocycles. The van der Waals surface area contributed by atoms with E-state index in [0.717, 1.165) is 11.1 Å². The molecule has 0 amide bonds. The summed E-state index contributed by atoms with van der Waals surface area (Å²) < 4.78 is 22.5. The first-order valence-corrected chi connectivity index (χ1v) is 9.74. The monoisotopic (exact) mass is 400 g/mol. The molecule has 2 aliphatic heterocycles. The second-order valence-corrected chi connectivity index (χ2v) is 7.43. The fraction of sp³-hybridized carbons (Fsp3) is 0.160. The van der Waals surface area contributed by atoms with Crippen LogP contribution in [0.2, 0.25) is 0 Å². The van der Waals surface area contributed by atoms with Gasteiger partial charge in [-0.3, -0.25) is 4.79 Å². The Bertz CT molecular complexity index is 1190. The van der Waals surface area contributed by atoms with E-state index >= 15 is 0 Å². The fourth-order valence-electron chi connectivity index (χ4n) is 3.53. The van der Waals surface area contributed by atoms with Crippen LogP contribution in [0.25, 0.3) is 6.08 Å². The van der Waals surface area contributed by atoms with Crippen LogP contribution in [-0.2, 0) is 6.61 Å². The first-order valence-electron chi connectivity index (χ1n) is 9.74. The van der Waals surface area contributed by atoms with E-state index in [2.05, 4.69) is 32.0 Å². The van der Waals surface area contributed by atoms with Crippen molar-refractivity contribution in [2.75, 3.05) is 6.79 Å². The Kier molecular flexibility index (Phi) is 4.43. The average molecular weight is 400 g/mol. The van der Waals surface area contributed by atoms with Gasteiger partial charge in [-0.15, -0.1) is 0 Å². The lowest BCUT2D eigenvalue weighted by atomic mass is 10.1. The molecule has 2 heterocycles. The number of aryl methyl sites for hydroxylation is 2. The number of allylic oxidation sites excluding steroid dienone is 1. The maximum Gasteiger partial charge on any atom is 0.231 e. The van der Waals surface area contributed by atoms with Crippen LogP contribution >= 0.6 is 0 Å². The highest BCUT2D eigenvalue weighted by molar-refractivity contribution is 6.14. The van der Waals surface area contributed by atoms with E-state index < -0.39 is 0 Å². The quantitative estimate of drug-likeness (QED) is 0.562. The Morgan fingerprint density at radius 1 is 0.933 bits per heavy atom. The first-order chi connectivity index (χ1) is 14.6. The number of ketones is 1. The Hall–Kier alpha value is -3.73. The van der Waals surface area contributed by atoms with Crippen LogP contribution in [0.15, 0.2) is 60.4 Å². The zero-order valence-corrected chi connectivity index (χ0v) is 16.7. The maximum atomic E-state index is 12.7. The van der Waals surface area contributed by atoms with Gasteiger partial charge in [-0.05, 0) is 60.9 Å². The molecule has 0 atom stereocenters. The zero-order chi connectivity index (χ0) is 20.7. The minimum Gasteiger partial charge on any atom is -0.489 e. The third-order valence-electron chi connectivity index (χ3n) is 5.23. The highest BCUT2D eigenvalue weighted by Gasteiger charge is 2.28. The Morgan fingerprint density at radius 2 is 1.80 bits per heavy atom. The summed E-state index contributed by atoms with van der Waals surface area (Å²) in [5.74, 6) is 2.65. The molecule has 0 saturated carbocycles. The third-order valence-corrected chi connectivity index (χ3v) is 5.23. The van der Waals surface area contributed by atoms with Crippen LogP contribution in [0.4, 0.5) is 0 Å². The summed E-state index contributed by atoms with van der Waals surface area (Å²) in [5.41, 5.74) is 4.85. The van der Waals surface area contributed by atoms with Gasteiger partial charge in [0, 0.05) is 6.07 Å². The molecule has 0 bridgehead atoms. The Balaban J connectivity index is 1.34. The van der Waals surface area contributed by atoms with Gasteiger partial charge in [0.05, 0.1) is 5.56 Å². The van der Waals surface area contributed by atoms with E-state index in [9.17, 15) is 4.79 Å². The number of fused-ring (bicyclic) bond motifs is 2. The van der Waals surface area contributed by atoms with Crippen LogP contribution in [-0.4, -0.2) is 12.6 Å². The summed E-state index contributed by atoms with van der Waals surface area (Å²) in [6.07, 6.45) is 1.71. The van der Waals surface area contributed by atoms with Crippen molar-refractivity contribution in [2.45, 2.75) is 20.5 Å². The fourth-order valence-corrected chi connectivity index (χ4v) is 3.53. The van der Waals surface area contributed by atoms with Gasteiger partial charge >= 0.3 is 0 Å². The Labute approximate surface area is 174 Å². The lowest BCUT2D eigenvalue weighted by Gasteiger charge is -2.10. The second-order valence-electron chi connectivity index (χ2n) is 7.43. The van der Waals surface area contributed by atoms with Gasteiger partial charge in [-0.2, -0.15) is 0 Å². The van der Waals surface area contributed by atoms with Gasteiger partial charge in [-0.1, -0.05) is 29.8 Å². The van der Waals surface area contributed by atoms with Gasteiger partial charge in [0.1, 0.15) is 18.1 Å². The van der Waals surface area contributed by atoms with Gasteiger partial charge in [0.15, 0.2) is 17.3 Å². The molecule has 0 N–H and O–H groups in total. The van der Waals surface area contributed by atoms with Crippen LogP contribution in [0, 0.1) is 13.8 Å². The van der Waals surface area contributed by atoms with Crippen LogP contribution < -0.4 is 18.9 Å². The number of carbonyl (C=O) groups excluding carboxylic acids is 1. The lowest BCUT2D eigenvalue weighted by molar-refractivity contribution is 0.101. The SMILES string of the molecule is Cc1ccc(C)c(COc2ccc3c(c2)OC(=Cc2ccc4c(c2)OCO4)C3=O)c1. The molecule has 2 aliphatic rings. The third kappa shape index (κ3) is 3.39. The molecular weight excluding hydrogens is 380 g/mol. The summed E-state index contributed by atoms with van der Waals surface area (Å²) in [6.45, 7) is 4.79. The predicted octanol–water partition coefficient (Wildman–Crippen LogP) is 5.23. The minimum absolute atomic E-state index is 0.149. The molecule has 0 unspecified atom stereocenters. The van der Waals surface area contributed by atoms with Crippen molar-refractivity contribution in [1.29, 1.82) is 0 Å². The van der Waals surface area contributed by atoms with E-state index in [0.29, 0.717) is 35.2 Å². The number of Topliss-reactive ketones (excluding diaryl/α,β-unsaturated/α-hetero) is 1. The first kappa shape index (κ1) is 18.3. The number of benzene rings is 3. The van der Waals surface area contributed by atoms with Crippen molar-refractivity contribution in [3.8, 4) is 23.0 Å². The molecular formula is C25H20O5. The molecule has 0 spiro atoms. The molecule has 30 heavy (non-hydrogen) atoms. The zero-order valence-electron chi connectivity index (χ0n) is 16.7. The van der Waals surface area contributed by atoms with Crippen molar-refractivity contribution in [1.82, 2.24) is 0 Å². The van der Waals surface area contributed by atoms with E-state index in [1.807, 2.05) is 18.2 Å². The molecule has 3 aromatic rings. The van der Waals surface area contributed by atoms with Crippen molar-refractivity contribution in [2.24, 2.45) is 0 Å². The van der Waals surface area contributed by atoms with Gasteiger partial charge in [-0.25, -0.2) is 0 Å². The topological polar surface area (TPSA) is 54.0 Å². The molecule has 0 fully saturated rings. The van der Waals surface area contributed by atoms with Crippen molar-refractivity contribution < 1.29 is 23.7 Å². The number of ether oxygens (including phenoxy) is 4. The van der Waals surface area contributed by atoms with E-state index in [-0.39, 0.29) is 18.3 Å². The number of hydrogen-bond donors (Lipinski definition) is 0.